The molecule has 2 heterocycles. The zero-order valence-corrected chi connectivity index (χ0v) is 9.30. The highest BCUT2D eigenvalue weighted by atomic mass is 16.5. The minimum Gasteiger partial charge on any atom is -0.472 e. The Morgan fingerprint density at radius 1 is 1.62 bits per heavy atom. The van der Waals surface area contributed by atoms with Gasteiger partial charge in [-0.05, 0) is 12.8 Å². The summed E-state index contributed by atoms with van der Waals surface area (Å²) in [5, 5.41) is 0. The second-order valence-electron chi connectivity index (χ2n) is 3.89. The molecular formula is C11H15N3O2. The Balaban J connectivity index is 1.93. The van der Waals surface area contributed by atoms with Gasteiger partial charge in [0.1, 0.15) is 12.4 Å². The fraction of sp³-hybridized carbons (Fsp3) is 0.545. The highest BCUT2D eigenvalue weighted by Gasteiger charge is 2.22. The third-order valence-electron chi connectivity index (χ3n) is 2.67. The van der Waals surface area contributed by atoms with Gasteiger partial charge in [0.25, 0.3) is 0 Å². The topological polar surface area (TPSA) is 55.3 Å². The maximum Gasteiger partial charge on any atom is 0.219 e. The monoisotopic (exact) mass is 221 g/mol. The van der Waals surface area contributed by atoms with E-state index in [4.69, 9.17) is 4.74 Å². The molecule has 0 aromatic carbocycles. The summed E-state index contributed by atoms with van der Waals surface area (Å²) in [6.45, 7) is 3.07. The van der Waals surface area contributed by atoms with Crippen LogP contribution in [0.5, 0.6) is 5.88 Å². The molecule has 2 rings (SSSR count). The second kappa shape index (κ2) is 4.92. The van der Waals surface area contributed by atoms with Crippen LogP contribution in [-0.2, 0) is 4.79 Å². The SMILES string of the molecule is CC(=O)N1CCCC(Oc2ccncn2)C1. The fourth-order valence-electron chi connectivity index (χ4n) is 1.84. The minimum absolute atomic E-state index is 0.0487. The molecule has 1 aromatic heterocycles. The standard InChI is InChI=1S/C11H15N3O2/c1-9(15)14-6-2-3-10(7-14)16-11-4-5-12-8-13-11/h4-5,8,10H,2-3,6-7H2,1H3. The largest absolute Gasteiger partial charge is 0.472 e. The molecule has 1 atom stereocenters. The summed E-state index contributed by atoms with van der Waals surface area (Å²) in [6.07, 6.45) is 5.10. The lowest BCUT2D eigenvalue weighted by Crippen LogP contribution is -2.43. The minimum atomic E-state index is 0.0487. The smallest absolute Gasteiger partial charge is 0.219 e. The van der Waals surface area contributed by atoms with Crippen LogP contribution < -0.4 is 4.74 Å². The molecule has 0 saturated carbocycles. The lowest BCUT2D eigenvalue weighted by atomic mass is 10.1. The quantitative estimate of drug-likeness (QED) is 0.743. The van der Waals surface area contributed by atoms with Crippen molar-refractivity contribution in [2.45, 2.75) is 25.9 Å². The van der Waals surface area contributed by atoms with Crippen LogP contribution in [0.15, 0.2) is 18.6 Å². The number of hydrogen-bond donors (Lipinski definition) is 0. The van der Waals surface area contributed by atoms with E-state index in [0.29, 0.717) is 12.4 Å². The van der Waals surface area contributed by atoms with Crippen LogP contribution in [0.4, 0.5) is 0 Å². The van der Waals surface area contributed by atoms with Crippen LogP contribution in [0.25, 0.3) is 0 Å². The molecule has 1 aromatic rings. The first-order chi connectivity index (χ1) is 7.75. The number of carbonyl (C=O) groups is 1. The van der Waals surface area contributed by atoms with Crippen molar-refractivity contribution in [1.29, 1.82) is 0 Å². The Morgan fingerprint density at radius 2 is 2.50 bits per heavy atom. The van der Waals surface area contributed by atoms with E-state index < -0.39 is 0 Å². The van der Waals surface area contributed by atoms with Gasteiger partial charge in [-0.2, -0.15) is 0 Å². The van der Waals surface area contributed by atoms with E-state index in [2.05, 4.69) is 9.97 Å². The molecule has 86 valence electrons. The van der Waals surface area contributed by atoms with E-state index in [1.165, 1.54) is 6.33 Å². The Bertz CT molecular complexity index is 356. The lowest BCUT2D eigenvalue weighted by Gasteiger charge is -2.31. The van der Waals surface area contributed by atoms with Gasteiger partial charge in [-0.15, -0.1) is 0 Å². The summed E-state index contributed by atoms with van der Waals surface area (Å²) in [5.41, 5.74) is 0. The molecule has 1 saturated heterocycles. The number of aromatic nitrogens is 2. The number of carbonyl (C=O) groups excluding carboxylic acids is 1. The van der Waals surface area contributed by atoms with Gasteiger partial charge in [-0.25, -0.2) is 9.97 Å². The van der Waals surface area contributed by atoms with Gasteiger partial charge in [0.05, 0.1) is 6.54 Å². The van der Waals surface area contributed by atoms with Gasteiger partial charge in [0, 0.05) is 25.7 Å². The summed E-state index contributed by atoms with van der Waals surface area (Å²) < 4.78 is 5.69. The number of hydrogen-bond acceptors (Lipinski definition) is 4. The average Bonchev–Trinajstić information content (AvgIpc) is 2.30. The predicted molar refractivity (Wildman–Crippen MR) is 57.9 cm³/mol. The first-order valence-corrected chi connectivity index (χ1v) is 5.44. The van der Waals surface area contributed by atoms with Crippen LogP contribution in [0.1, 0.15) is 19.8 Å². The molecule has 0 aliphatic carbocycles. The van der Waals surface area contributed by atoms with Gasteiger partial charge >= 0.3 is 0 Å². The Hall–Kier alpha value is -1.65. The first-order valence-electron chi connectivity index (χ1n) is 5.44. The summed E-state index contributed by atoms with van der Waals surface area (Å²) in [4.78, 5) is 20.9. The lowest BCUT2D eigenvalue weighted by molar-refractivity contribution is -0.131. The molecule has 5 heteroatoms. The third-order valence-corrected chi connectivity index (χ3v) is 2.67. The number of nitrogens with zero attached hydrogens (tertiary/aromatic N) is 3. The molecule has 0 N–H and O–H groups in total. The summed E-state index contributed by atoms with van der Waals surface area (Å²) in [6, 6.07) is 1.73. The van der Waals surface area contributed by atoms with Gasteiger partial charge in [0.2, 0.25) is 11.8 Å². The first kappa shape index (κ1) is 10.9. The molecule has 1 unspecified atom stereocenters. The van der Waals surface area contributed by atoms with Crippen LogP contribution in [0, 0.1) is 0 Å². The number of piperidine rings is 1. The van der Waals surface area contributed by atoms with Crippen LogP contribution in [0.2, 0.25) is 0 Å². The van der Waals surface area contributed by atoms with E-state index in [1.807, 2.05) is 4.90 Å². The highest BCUT2D eigenvalue weighted by molar-refractivity contribution is 5.73. The van der Waals surface area contributed by atoms with Crippen molar-refractivity contribution in [2.75, 3.05) is 13.1 Å². The van der Waals surface area contributed by atoms with Crippen LogP contribution >= 0.6 is 0 Å². The van der Waals surface area contributed by atoms with Crippen molar-refractivity contribution in [1.82, 2.24) is 14.9 Å². The van der Waals surface area contributed by atoms with Crippen LogP contribution in [-0.4, -0.2) is 40.0 Å². The highest BCUT2D eigenvalue weighted by Crippen LogP contribution is 2.15. The van der Waals surface area contributed by atoms with E-state index in [1.54, 1.807) is 19.2 Å². The Kier molecular flexibility index (Phi) is 3.34. The zero-order chi connectivity index (χ0) is 11.4. The van der Waals surface area contributed by atoms with Crippen molar-refractivity contribution in [3.63, 3.8) is 0 Å². The van der Waals surface area contributed by atoms with E-state index in [0.717, 1.165) is 19.4 Å². The third kappa shape index (κ3) is 2.68. The van der Waals surface area contributed by atoms with Gasteiger partial charge < -0.3 is 9.64 Å². The van der Waals surface area contributed by atoms with Gasteiger partial charge in [-0.3, -0.25) is 4.79 Å². The molecule has 0 radical (unpaired) electrons. The maximum atomic E-state index is 11.2. The summed E-state index contributed by atoms with van der Waals surface area (Å²) >= 11 is 0. The molecule has 1 aliphatic heterocycles. The molecular weight excluding hydrogens is 206 g/mol. The summed E-state index contributed by atoms with van der Waals surface area (Å²) in [7, 11) is 0. The van der Waals surface area contributed by atoms with Crippen molar-refractivity contribution < 1.29 is 9.53 Å². The van der Waals surface area contributed by atoms with Crippen molar-refractivity contribution in [3.8, 4) is 5.88 Å². The normalized spacial score (nSPS) is 20.6. The van der Waals surface area contributed by atoms with Gasteiger partial charge in [-0.1, -0.05) is 0 Å². The average molecular weight is 221 g/mol. The van der Waals surface area contributed by atoms with Crippen molar-refractivity contribution in [3.05, 3.63) is 18.6 Å². The zero-order valence-electron chi connectivity index (χ0n) is 9.30. The molecule has 5 nitrogen and oxygen atoms in total. The Labute approximate surface area is 94.5 Å². The van der Waals surface area contributed by atoms with E-state index >= 15 is 0 Å². The molecule has 1 aliphatic rings. The summed E-state index contributed by atoms with van der Waals surface area (Å²) in [5.74, 6) is 0.682. The maximum absolute atomic E-state index is 11.2. The van der Waals surface area contributed by atoms with E-state index in [-0.39, 0.29) is 12.0 Å². The molecule has 16 heavy (non-hydrogen) atoms. The number of rotatable bonds is 2. The number of ether oxygens (including phenoxy) is 1. The van der Waals surface area contributed by atoms with Gasteiger partial charge in [0.15, 0.2) is 0 Å². The van der Waals surface area contributed by atoms with Crippen molar-refractivity contribution in [2.24, 2.45) is 0 Å². The van der Waals surface area contributed by atoms with Crippen LogP contribution in [0.3, 0.4) is 0 Å². The molecule has 0 spiro atoms. The van der Waals surface area contributed by atoms with Crippen molar-refractivity contribution >= 4 is 5.91 Å². The predicted octanol–water partition coefficient (Wildman–Crippen LogP) is 0.866. The number of amides is 1. The van der Waals surface area contributed by atoms with E-state index in [9.17, 15) is 4.79 Å². The fourth-order valence-corrected chi connectivity index (χ4v) is 1.84. The second-order valence-corrected chi connectivity index (χ2v) is 3.89. The molecule has 1 amide bonds. The number of likely N-dealkylation sites (tertiary alicyclic amines) is 1. The Morgan fingerprint density at radius 3 is 3.19 bits per heavy atom. The molecule has 0 bridgehead atoms. The molecule has 1 fully saturated rings.